The van der Waals surface area contributed by atoms with Crippen LogP contribution in [0.15, 0.2) is 21.2 Å². The molecule has 0 saturated carbocycles. The summed E-state index contributed by atoms with van der Waals surface area (Å²) in [4.78, 5) is 16.2. The third kappa shape index (κ3) is 5.96. The van der Waals surface area contributed by atoms with Crippen molar-refractivity contribution in [1.82, 2.24) is 15.6 Å². The molecule has 0 spiro atoms. The number of aromatic nitrogens is 1. The van der Waals surface area contributed by atoms with Crippen LogP contribution in [0.1, 0.15) is 18.4 Å². The summed E-state index contributed by atoms with van der Waals surface area (Å²) in [5.41, 5.74) is 1.66. The van der Waals surface area contributed by atoms with Crippen molar-refractivity contribution in [2.45, 2.75) is 20.3 Å². The standard InChI is InChI=1S/C14H19N3O2S.2ClH/c1-3-15-5-6-16-13(18)8-12-10(2)19-14(17-12)11-4-7-20-9-11;;/h4,7,9,15H,3,5-6,8H2,1-2H3,(H,16,18);2*1H. The predicted molar refractivity (Wildman–Crippen MR) is 94.3 cm³/mol. The van der Waals surface area contributed by atoms with Crippen molar-refractivity contribution in [3.8, 4) is 11.5 Å². The number of carbonyl (C=O) groups is 1. The number of rotatable bonds is 7. The average molecular weight is 366 g/mol. The molecule has 2 rings (SSSR count). The van der Waals surface area contributed by atoms with Gasteiger partial charge < -0.3 is 15.1 Å². The van der Waals surface area contributed by atoms with E-state index in [1.807, 2.05) is 30.7 Å². The molecule has 22 heavy (non-hydrogen) atoms. The van der Waals surface area contributed by atoms with Gasteiger partial charge in [-0.05, 0) is 24.9 Å². The Bertz CT molecular complexity index is 558. The van der Waals surface area contributed by atoms with Crippen molar-refractivity contribution < 1.29 is 9.21 Å². The molecule has 0 aliphatic heterocycles. The molecule has 0 unspecified atom stereocenters. The largest absolute Gasteiger partial charge is 0.441 e. The highest BCUT2D eigenvalue weighted by Crippen LogP contribution is 2.23. The summed E-state index contributed by atoms with van der Waals surface area (Å²) in [6.07, 6.45) is 0.256. The van der Waals surface area contributed by atoms with Gasteiger partial charge in [0.05, 0.1) is 12.1 Å². The lowest BCUT2D eigenvalue weighted by Crippen LogP contribution is -2.32. The third-order valence-corrected chi connectivity index (χ3v) is 3.55. The van der Waals surface area contributed by atoms with Crippen molar-refractivity contribution in [3.63, 3.8) is 0 Å². The molecule has 1 amide bonds. The van der Waals surface area contributed by atoms with Gasteiger partial charge >= 0.3 is 0 Å². The van der Waals surface area contributed by atoms with E-state index in [-0.39, 0.29) is 37.1 Å². The minimum absolute atomic E-state index is 0. The van der Waals surface area contributed by atoms with Crippen molar-refractivity contribution in [2.24, 2.45) is 0 Å². The van der Waals surface area contributed by atoms with Gasteiger partial charge in [-0.25, -0.2) is 4.98 Å². The number of hydrogen-bond acceptors (Lipinski definition) is 5. The maximum atomic E-state index is 11.8. The van der Waals surface area contributed by atoms with E-state index in [2.05, 4.69) is 15.6 Å². The first kappa shape index (κ1) is 20.9. The van der Waals surface area contributed by atoms with E-state index in [0.29, 0.717) is 23.9 Å². The SMILES string of the molecule is CCNCCNC(=O)Cc1nc(-c2ccsc2)oc1C.Cl.Cl. The van der Waals surface area contributed by atoms with E-state index < -0.39 is 0 Å². The molecule has 0 saturated heterocycles. The van der Waals surface area contributed by atoms with Crippen LogP contribution in [0.5, 0.6) is 0 Å². The fourth-order valence-electron chi connectivity index (χ4n) is 1.78. The normalized spacial score (nSPS) is 9.73. The van der Waals surface area contributed by atoms with E-state index in [9.17, 15) is 4.79 Å². The van der Waals surface area contributed by atoms with Crippen LogP contribution in [0.25, 0.3) is 11.5 Å². The Kier molecular flexibility index (Phi) is 10.1. The molecular weight excluding hydrogens is 345 g/mol. The Morgan fingerprint density at radius 1 is 1.36 bits per heavy atom. The zero-order valence-corrected chi connectivity index (χ0v) is 15.0. The van der Waals surface area contributed by atoms with Crippen molar-refractivity contribution in [3.05, 3.63) is 28.3 Å². The molecule has 0 radical (unpaired) electrons. The van der Waals surface area contributed by atoms with Gasteiger partial charge in [-0.2, -0.15) is 11.3 Å². The fraction of sp³-hybridized carbons (Fsp3) is 0.429. The Labute approximate surface area is 146 Å². The van der Waals surface area contributed by atoms with Crippen LogP contribution in [0.4, 0.5) is 0 Å². The summed E-state index contributed by atoms with van der Waals surface area (Å²) in [5, 5.41) is 9.96. The Hall–Kier alpha value is -1.08. The molecule has 0 bridgehead atoms. The van der Waals surface area contributed by atoms with Crippen LogP contribution < -0.4 is 10.6 Å². The summed E-state index contributed by atoms with van der Waals surface area (Å²) in [5.74, 6) is 1.25. The van der Waals surface area contributed by atoms with Gasteiger partial charge in [0.25, 0.3) is 0 Å². The summed E-state index contributed by atoms with van der Waals surface area (Å²) < 4.78 is 5.61. The zero-order chi connectivity index (χ0) is 14.4. The Morgan fingerprint density at radius 3 is 2.77 bits per heavy atom. The molecular formula is C14H21Cl2N3O2S. The second kappa shape index (κ2) is 10.6. The minimum atomic E-state index is -0.0313. The lowest BCUT2D eigenvalue weighted by molar-refractivity contribution is -0.120. The average Bonchev–Trinajstić information content (AvgIpc) is 3.05. The number of oxazole rings is 1. The topological polar surface area (TPSA) is 67.2 Å². The molecule has 0 aromatic carbocycles. The van der Waals surface area contributed by atoms with Gasteiger partial charge in [0.15, 0.2) is 0 Å². The minimum Gasteiger partial charge on any atom is -0.441 e. The maximum Gasteiger partial charge on any atom is 0.227 e. The number of halogens is 2. The summed E-state index contributed by atoms with van der Waals surface area (Å²) in [6, 6.07) is 1.95. The first-order chi connectivity index (χ1) is 9.70. The summed E-state index contributed by atoms with van der Waals surface area (Å²) in [7, 11) is 0. The molecule has 2 aromatic rings. The van der Waals surface area contributed by atoms with Gasteiger partial charge in [-0.1, -0.05) is 6.92 Å². The highest BCUT2D eigenvalue weighted by atomic mass is 35.5. The van der Waals surface area contributed by atoms with Crippen LogP contribution in [-0.2, 0) is 11.2 Å². The zero-order valence-electron chi connectivity index (χ0n) is 12.5. The Balaban J connectivity index is 0.00000220. The number of thiophene rings is 1. The molecule has 8 heteroatoms. The van der Waals surface area contributed by atoms with Crippen molar-refractivity contribution in [2.75, 3.05) is 19.6 Å². The van der Waals surface area contributed by atoms with Crippen molar-refractivity contribution in [1.29, 1.82) is 0 Å². The van der Waals surface area contributed by atoms with Gasteiger partial charge in [0, 0.05) is 24.0 Å². The number of aryl methyl sites for hydroxylation is 1. The third-order valence-electron chi connectivity index (χ3n) is 2.86. The summed E-state index contributed by atoms with van der Waals surface area (Å²) >= 11 is 1.59. The molecule has 0 aliphatic rings. The molecule has 0 fully saturated rings. The second-order valence-electron chi connectivity index (χ2n) is 4.41. The molecule has 0 atom stereocenters. The lowest BCUT2D eigenvalue weighted by Gasteiger charge is -2.04. The first-order valence-electron chi connectivity index (χ1n) is 6.67. The number of nitrogens with zero attached hydrogens (tertiary/aromatic N) is 1. The van der Waals surface area contributed by atoms with Crippen LogP contribution in [-0.4, -0.2) is 30.5 Å². The maximum absolute atomic E-state index is 11.8. The number of carbonyl (C=O) groups excluding carboxylic acids is 1. The predicted octanol–water partition coefficient (Wildman–Crippen LogP) is 2.82. The van der Waals surface area contributed by atoms with Gasteiger partial charge in [0.2, 0.25) is 11.8 Å². The number of amides is 1. The van der Waals surface area contributed by atoms with E-state index in [1.165, 1.54) is 0 Å². The van der Waals surface area contributed by atoms with Gasteiger partial charge in [0.1, 0.15) is 5.76 Å². The number of nitrogens with one attached hydrogen (secondary N) is 2. The van der Waals surface area contributed by atoms with Crippen LogP contribution in [0.3, 0.4) is 0 Å². The number of hydrogen-bond donors (Lipinski definition) is 2. The van der Waals surface area contributed by atoms with E-state index >= 15 is 0 Å². The first-order valence-corrected chi connectivity index (χ1v) is 7.61. The Morgan fingerprint density at radius 2 is 2.14 bits per heavy atom. The fourth-order valence-corrected chi connectivity index (χ4v) is 2.41. The molecule has 2 aromatic heterocycles. The quantitative estimate of drug-likeness (QED) is 0.740. The van der Waals surface area contributed by atoms with Crippen molar-refractivity contribution >= 4 is 42.1 Å². The molecule has 0 aliphatic carbocycles. The van der Waals surface area contributed by atoms with Gasteiger partial charge in [-0.15, -0.1) is 24.8 Å². The van der Waals surface area contributed by atoms with E-state index in [0.717, 1.165) is 18.7 Å². The second-order valence-corrected chi connectivity index (χ2v) is 5.19. The van der Waals surface area contributed by atoms with E-state index in [4.69, 9.17) is 4.42 Å². The van der Waals surface area contributed by atoms with E-state index in [1.54, 1.807) is 11.3 Å². The molecule has 2 N–H and O–H groups in total. The number of likely N-dealkylation sites (N-methyl/N-ethyl adjacent to an activating group) is 1. The summed E-state index contributed by atoms with van der Waals surface area (Å²) in [6.45, 7) is 6.18. The van der Waals surface area contributed by atoms with Crippen LogP contribution in [0, 0.1) is 6.92 Å². The lowest BCUT2D eigenvalue weighted by atomic mass is 10.2. The smallest absolute Gasteiger partial charge is 0.227 e. The molecule has 2 heterocycles. The molecule has 124 valence electrons. The monoisotopic (exact) mass is 365 g/mol. The highest BCUT2D eigenvalue weighted by molar-refractivity contribution is 7.08. The van der Waals surface area contributed by atoms with Crippen LogP contribution in [0.2, 0.25) is 0 Å². The van der Waals surface area contributed by atoms with Crippen LogP contribution >= 0.6 is 36.2 Å². The molecule has 5 nitrogen and oxygen atoms in total. The van der Waals surface area contributed by atoms with Gasteiger partial charge in [-0.3, -0.25) is 4.79 Å². The highest BCUT2D eigenvalue weighted by Gasteiger charge is 2.14.